The van der Waals surface area contributed by atoms with Gasteiger partial charge in [-0.25, -0.2) is 9.97 Å². The summed E-state index contributed by atoms with van der Waals surface area (Å²) >= 11 is 1.52. The lowest BCUT2D eigenvalue weighted by molar-refractivity contribution is -0.121. The van der Waals surface area contributed by atoms with Crippen LogP contribution in [0, 0.1) is 0 Å². The molecule has 0 spiro atoms. The zero-order chi connectivity index (χ0) is 19.3. The van der Waals surface area contributed by atoms with Crippen LogP contribution < -0.4 is 5.32 Å². The molecule has 0 aliphatic carbocycles. The third-order valence-corrected chi connectivity index (χ3v) is 5.32. The Kier molecular flexibility index (Phi) is 5.25. The third kappa shape index (κ3) is 4.15. The Labute approximate surface area is 166 Å². The van der Waals surface area contributed by atoms with E-state index in [1.807, 2.05) is 59.5 Å². The van der Waals surface area contributed by atoms with E-state index in [4.69, 9.17) is 0 Å². The van der Waals surface area contributed by atoms with Crippen molar-refractivity contribution < 1.29 is 4.79 Å². The van der Waals surface area contributed by atoms with Gasteiger partial charge < -0.3 is 9.88 Å². The van der Waals surface area contributed by atoms with Gasteiger partial charge in [-0.1, -0.05) is 12.1 Å². The van der Waals surface area contributed by atoms with E-state index in [2.05, 4.69) is 20.3 Å². The number of nitrogens with zero attached hydrogens (tertiary/aromatic N) is 4. The van der Waals surface area contributed by atoms with Gasteiger partial charge in [0, 0.05) is 41.4 Å². The standard InChI is InChI=1S/C21H19N5OS/c1-15(16-4-6-19(7-5-16)26-10-9-23-14-26)24-20(27)11-18-13-28-21(25-18)17-3-2-8-22-12-17/h2-10,12-15H,11H2,1H3,(H,24,27)/t15-/m1/s1. The average molecular weight is 389 g/mol. The molecule has 1 aromatic carbocycles. The molecule has 0 fully saturated rings. The average Bonchev–Trinajstić information content (AvgIpc) is 3.41. The molecule has 28 heavy (non-hydrogen) atoms. The van der Waals surface area contributed by atoms with E-state index >= 15 is 0 Å². The Morgan fingerprint density at radius 2 is 2.04 bits per heavy atom. The second-order valence-electron chi connectivity index (χ2n) is 6.41. The summed E-state index contributed by atoms with van der Waals surface area (Å²) in [4.78, 5) is 25.1. The zero-order valence-electron chi connectivity index (χ0n) is 15.3. The third-order valence-electron chi connectivity index (χ3n) is 4.38. The molecule has 7 heteroatoms. The van der Waals surface area contributed by atoms with Gasteiger partial charge in [-0.15, -0.1) is 11.3 Å². The first-order valence-corrected chi connectivity index (χ1v) is 9.79. The van der Waals surface area contributed by atoms with Gasteiger partial charge in [0.2, 0.25) is 5.91 Å². The van der Waals surface area contributed by atoms with Gasteiger partial charge >= 0.3 is 0 Å². The molecule has 3 heterocycles. The van der Waals surface area contributed by atoms with Crippen LogP contribution >= 0.6 is 11.3 Å². The minimum Gasteiger partial charge on any atom is -0.349 e. The number of rotatable bonds is 6. The maximum atomic E-state index is 12.4. The fraction of sp³-hybridized carbons (Fsp3) is 0.143. The molecular formula is C21H19N5OS. The number of pyridine rings is 1. The number of thiazole rings is 1. The van der Waals surface area contributed by atoms with E-state index in [0.29, 0.717) is 0 Å². The molecule has 0 aliphatic heterocycles. The van der Waals surface area contributed by atoms with E-state index in [0.717, 1.165) is 27.5 Å². The largest absolute Gasteiger partial charge is 0.349 e. The molecule has 0 bridgehead atoms. The molecule has 1 N–H and O–H groups in total. The molecular weight excluding hydrogens is 370 g/mol. The predicted octanol–water partition coefficient (Wildman–Crippen LogP) is 3.81. The van der Waals surface area contributed by atoms with E-state index in [9.17, 15) is 4.79 Å². The van der Waals surface area contributed by atoms with Gasteiger partial charge in [0.1, 0.15) is 5.01 Å². The van der Waals surface area contributed by atoms with E-state index < -0.39 is 0 Å². The van der Waals surface area contributed by atoms with Crippen LogP contribution in [-0.2, 0) is 11.2 Å². The lowest BCUT2D eigenvalue weighted by atomic mass is 10.1. The quantitative estimate of drug-likeness (QED) is 0.544. The van der Waals surface area contributed by atoms with Gasteiger partial charge in [-0.2, -0.15) is 0 Å². The second-order valence-corrected chi connectivity index (χ2v) is 7.27. The lowest BCUT2D eigenvalue weighted by Gasteiger charge is -2.14. The topological polar surface area (TPSA) is 72.7 Å². The van der Waals surface area contributed by atoms with E-state index in [-0.39, 0.29) is 18.4 Å². The van der Waals surface area contributed by atoms with Gasteiger partial charge in [-0.3, -0.25) is 9.78 Å². The van der Waals surface area contributed by atoms with Crippen LogP contribution in [0.25, 0.3) is 16.3 Å². The molecule has 140 valence electrons. The number of hydrogen-bond donors (Lipinski definition) is 1. The second kappa shape index (κ2) is 8.14. The number of nitrogens with one attached hydrogen (secondary N) is 1. The van der Waals surface area contributed by atoms with Crippen molar-refractivity contribution in [3.63, 3.8) is 0 Å². The fourth-order valence-electron chi connectivity index (χ4n) is 2.90. The normalized spacial score (nSPS) is 11.9. The molecule has 0 aliphatic rings. The zero-order valence-corrected chi connectivity index (χ0v) is 16.1. The van der Waals surface area contributed by atoms with E-state index in [1.54, 1.807) is 24.9 Å². The first-order valence-electron chi connectivity index (χ1n) is 8.91. The highest BCUT2D eigenvalue weighted by molar-refractivity contribution is 7.13. The molecule has 1 amide bonds. The lowest BCUT2D eigenvalue weighted by Crippen LogP contribution is -2.28. The fourth-order valence-corrected chi connectivity index (χ4v) is 3.71. The van der Waals surface area contributed by atoms with Gasteiger partial charge in [0.15, 0.2) is 0 Å². The summed E-state index contributed by atoms with van der Waals surface area (Å²) in [6.07, 6.45) is 9.16. The van der Waals surface area contributed by atoms with Gasteiger partial charge in [0.25, 0.3) is 0 Å². The molecule has 0 saturated heterocycles. The van der Waals surface area contributed by atoms with Crippen LogP contribution in [0.15, 0.2) is 72.9 Å². The highest BCUT2D eigenvalue weighted by atomic mass is 32.1. The SMILES string of the molecule is C[C@@H](NC(=O)Cc1csc(-c2cccnc2)n1)c1ccc(-n2ccnc2)cc1. The number of carbonyl (C=O) groups is 1. The molecule has 3 aromatic heterocycles. The van der Waals surface area contributed by atoms with Crippen LogP contribution in [0.5, 0.6) is 0 Å². The Morgan fingerprint density at radius 1 is 1.18 bits per heavy atom. The van der Waals surface area contributed by atoms with Crippen molar-refractivity contribution >= 4 is 17.2 Å². The Balaban J connectivity index is 1.36. The van der Waals surface area contributed by atoms with Crippen LogP contribution in [0.2, 0.25) is 0 Å². The maximum absolute atomic E-state index is 12.4. The van der Waals surface area contributed by atoms with Crippen molar-refractivity contribution in [3.8, 4) is 16.3 Å². The Morgan fingerprint density at radius 3 is 2.75 bits per heavy atom. The summed E-state index contributed by atoms with van der Waals surface area (Å²) in [6.45, 7) is 1.98. The molecule has 0 saturated carbocycles. The van der Waals surface area contributed by atoms with Gasteiger partial charge in [-0.05, 0) is 36.8 Å². The number of benzene rings is 1. The number of imidazole rings is 1. The molecule has 1 atom stereocenters. The smallest absolute Gasteiger partial charge is 0.226 e. The number of carbonyl (C=O) groups excluding carboxylic acids is 1. The van der Waals surface area contributed by atoms with Crippen molar-refractivity contribution in [1.29, 1.82) is 0 Å². The summed E-state index contributed by atoms with van der Waals surface area (Å²) in [5.41, 5.74) is 3.81. The highest BCUT2D eigenvalue weighted by Crippen LogP contribution is 2.23. The highest BCUT2D eigenvalue weighted by Gasteiger charge is 2.13. The van der Waals surface area contributed by atoms with Crippen molar-refractivity contribution in [1.82, 2.24) is 24.8 Å². The molecule has 6 nitrogen and oxygen atoms in total. The number of hydrogen-bond acceptors (Lipinski definition) is 5. The maximum Gasteiger partial charge on any atom is 0.226 e. The Hall–Kier alpha value is -3.32. The molecule has 0 radical (unpaired) electrons. The Bertz CT molecular complexity index is 1040. The van der Waals surface area contributed by atoms with E-state index in [1.165, 1.54) is 11.3 Å². The molecule has 4 aromatic rings. The number of aromatic nitrogens is 4. The first kappa shape index (κ1) is 18.1. The monoisotopic (exact) mass is 389 g/mol. The summed E-state index contributed by atoms with van der Waals surface area (Å²) in [6, 6.07) is 11.8. The summed E-state index contributed by atoms with van der Waals surface area (Å²) < 4.78 is 1.94. The van der Waals surface area contributed by atoms with Crippen LogP contribution in [-0.4, -0.2) is 25.4 Å². The summed E-state index contributed by atoms with van der Waals surface area (Å²) in [7, 11) is 0. The van der Waals surface area contributed by atoms with Crippen molar-refractivity contribution in [2.75, 3.05) is 0 Å². The summed E-state index contributed by atoms with van der Waals surface area (Å²) in [5.74, 6) is -0.0470. The summed E-state index contributed by atoms with van der Waals surface area (Å²) in [5, 5.41) is 5.84. The predicted molar refractivity (Wildman–Crippen MR) is 109 cm³/mol. The van der Waals surface area contributed by atoms with Crippen LogP contribution in [0.4, 0.5) is 0 Å². The minimum atomic E-state index is -0.0826. The van der Waals surface area contributed by atoms with Crippen molar-refractivity contribution in [2.45, 2.75) is 19.4 Å². The van der Waals surface area contributed by atoms with Gasteiger partial charge in [0.05, 0.1) is 24.5 Å². The van der Waals surface area contributed by atoms with Crippen LogP contribution in [0.1, 0.15) is 24.2 Å². The molecule has 0 unspecified atom stereocenters. The van der Waals surface area contributed by atoms with Crippen molar-refractivity contribution in [3.05, 3.63) is 84.2 Å². The number of amides is 1. The first-order chi connectivity index (χ1) is 13.7. The minimum absolute atomic E-state index is 0.0470. The van der Waals surface area contributed by atoms with Crippen molar-refractivity contribution in [2.24, 2.45) is 0 Å². The van der Waals surface area contributed by atoms with Crippen LogP contribution in [0.3, 0.4) is 0 Å². The molecule has 4 rings (SSSR count).